The van der Waals surface area contributed by atoms with Crippen LogP contribution in [0.1, 0.15) is 36.2 Å². The minimum atomic E-state index is -1.05. The Labute approximate surface area is 147 Å². The summed E-state index contributed by atoms with van der Waals surface area (Å²) in [6, 6.07) is 5.27. The Kier molecular flexibility index (Phi) is 5.34. The van der Waals surface area contributed by atoms with Gasteiger partial charge in [0.25, 0.3) is 5.91 Å². The van der Waals surface area contributed by atoms with Crippen LogP contribution in [0.5, 0.6) is 0 Å². The molecule has 1 aromatic heterocycles. The Hall–Kier alpha value is -1.99. The van der Waals surface area contributed by atoms with E-state index in [9.17, 15) is 19.8 Å². The molecule has 3 rings (SSSR count). The number of rotatable bonds is 3. The third-order valence-electron chi connectivity index (χ3n) is 5.32. The quantitative estimate of drug-likeness (QED) is 0.819. The number of piperidine rings is 2. The number of aliphatic hydroxyl groups is 2. The molecule has 2 amide bonds. The number of likely N-dealkylation sites (tertiary alicyclic amines) is 2. The summed E-state index contributed by atoms with van der Waals surface area (Å²) in [5, 5.41) is 19.3. The molecule has 25 heavy (non-hydrogen) atoms. The van der Waals surface area contributed by atoms with Crippen LogP contribution in [0.4, 0.5) is 0 Å². The molecular formula is C18H25N3O4. The van der Waals surface area contributed by atoms with Crippen LogP contribution in [0, 0.1) is 5.92 Å². The van der Waals surface area contributed by atoms with Gasteiger partial charge in [0.05, 0.1) is 12.2 Å². The highest BCUT2D eigenvalue weighted by atomic mass is 16.3. The minimum Gasteiger partial charge on any atom is -0.393 e. The first-order chi connectivity index (χ1) is 12.0. The van der Waals surface area contributed by atoms with Gasteiger partial charge in [-0.25, -0.2) is 0 Å². The number of amides is 2. The number of hydrogen-bond donors (Lipinski definition) is 2. The lowest BCUT2D eigenvalue weighted by atomic mass is 9.90. The standard InChI is InChI=1S/C18H25N3O4/c22-13-18(25)6-11-21(12-7-18)16(23)14-4-9-20(10-5-14)17(24)15-3-1-2-8-19-15/h1-3,8,14,22,25H,4-7,9-13H2. The maximum atomic E-state index is 12.7. The van der Waals surface area contributed by atoms with Crippen LogP contribution in [0.25, 0.3) is 0 Å². The van der Waals surface area contributed by atoms with Gasteiger partial charge in [0.2, 0.25) is 5.91 Å². The van der Waals surface area contributed by atoms with Gasteiger partial charge in [-0.05, 0) is 37.8 Å². The van der Waals surface area contributed by atoms with Crippen LogP contribution < -0.4 is 0 Å². The number of hydrogen-bond acceptors (Lipinski definition) is 5. The highest BCUT2D eigenvalue weighted by molar-refractivity contribution is 5.92. The summed E-state index contributed by atoms with van der Waals surface area (Å²) in [5.74, 6) is -0.0597. The number of nitrogens with zero attached hydrogens (tertiary/aromatic N) is 3. The molecule has 0 aliphatic carbocycles. The third-order valence-corrected chi connectivity index (χ3v) is 5.32. The topological polar surface area (TPSA) is 94.0 Å². The SMILES string of the molecule is O=C(c1ccccn1)N1CCC(C(=O)N2CCC(O)(CO)CC2)CC1. The number of carbonyl (C=O) groups is 2. The summed E-state index contributed by atoms with van der Waals surface area (Å²) in [6.07, 6.45) is 3.72. The molecule has 7 heteroatoms. The predicted molar refractivity (Wildman–Crippen MR) is 90.7 cm³/mol. The first kappa shape index (κ1) is 17.8. The summed E-state index contributed by atoms with van der Waals surface area (Å²) < 4.78 is 0. The van der Waals surface area contributed by atoms with E-state index in [0.29, 0.717) is 57.6 Å². The molecular weight excluding hydrogens is 322 g/mol. The van der Waals surface area contributed by atoms with E-state index in [1.165, 1.54) is 0 Å². The Bertz CT molecular complexity index is 606. The average Bonchev–Trinajstić information content (AvgIpc) is 2.68. The molecule has 2 saturated heterocycles. The smallest absolute Gasteiger partial charge is 0.272 e. The van der Waals surface area contributed by atoms with Crippen LogP contribution in [0.15, 0.2) is 24.4 Å². The van der Waals surface area contributed by atoms with Gasteiger partial charge in [-0.2, -0.15) is 0 Å². The van der Waals surface area contributed by atoms with E-state index in [4.69, 9.17) is 0 Å². The molecule has 2 aliphatic heterocycles. The van der Waals surface area contributed by atoms with Crippen LogP contribution >= 0.6 is 0 Å². The number of carbonyl (C=O) groups excluding carboxylic acids is 2. The van der Waals surface area contributed by atoms with E-state index in [1.807, 2.05) is 0 Å². The zero-order valence-corrected chi connectivity index (χ0v) is 14.3. The van der Waals surface area contributed by atoms with Crippen molar-refractivity contribution >= 4 is 11.8 Å². The lowest BCUT2D eigenvalue weighted by Gasteiger charge is -2.40. The van der Waals surface area contributed by atoms with Crippen molar-refractivity contribution in [3.8, 4) is 0 Å². The lowest BCUT2D eigenvalue weighted by Crippen LogP contribution is -2.51. The molecule has 0 spiro atoms. The summed E-state index contributed by atoms with van der Waals surface area (Å²) in [7, 11) is 0. The number of aromatic nitrogens is 1. The first-order valence-corrected chi connectivity index (χ1v) is 8.85. The van der Waals surface area contributed by atoms with Gasteiger partial charge >= 0.3 is 0 Å². The van der Waals surface area contributed by atoms with Gasteiger partial charge in [-0.15, -0.1) is 0 Å². The fraction of sp³-hybridized carbons (Fsp3) is 0.611. The highest BCUT2D eigenvalue weighted by Gasteiger charge is 2.36. The molecule has 7 nitrogen and oxygen atoms in total. The molecule has 2 fully saturated rings. The molecule has 3 heterocycles. The molecule has 0 saturated carbocycles. The van der Waals surface area contributed by atoms with Gasteiger partial charge in [-0.3, -0.25) is 14.6 Å². The average molecular weight is 347 g/mol. The van der Waals surface area contributed by atoms with Crippen LogP contribution in [-0.4, -0.2) is 75.2 Å². The number of pyridine rings is 1. The Morgan fingerprint density at radius 3 is 2.36 bits per heavy atom. The molecule has 0 atom stereocenters. The molecule has 0 aromatic carbocycles. The Balaban J connectivity index is 1.51. The molecule has 2 aliphatic rings. The van der Waals surface area contributed by atoms with E-state index < -0.39 is 5.60 Å². The van der Waals surface area contributed by atoms with E-state index in [-0.39, 0.29) is 24.3 Å². The number of aliphatic hydroxyl groups excluding tert-OH is 1. The molecule has 136 valence electrons. The van der Waals surface area contributed by atoms with E-state index in [2.05, 4.69) is 4.98 Å². The van der Waals surface area contributed by atoms with Crippen molar-refractivity contribution in [1.29, 1.82) is 0 Å². The predicted octanol–water partition coefficient (Wildman–Crippen LogP) is 0.280. The largest absolute Gasteiger partial charge is 0.393 e. The van der Waals surface area contributed by atoms with E-state index >= 15 is 0 Å². The monoisotopic (exact) mass is 347 g/mol. The van der Waals surface area contributed by atoms with Crippen molar-refractivity contribution < 1.29 is 19.8 Å². The minimum absolute atomic E-state index is 0.0758. The maximum absolute atomic E-state index is 12.7. The van der Waals surface area contributed by atoms with Crippen molar-refractivity contribution in [3.63, 3.8) is 0 Å². The second-order valence-electron chi connectivity index (χ2n) is 6.99. The van der Waals surface area contributed by atoms with E-state index in [0.717, 1.165) is 0 Å². The van der Waals surface area contributed by atoms with Gasteiger partial charge in [-0.1, -0.05) is 6.07 Å². The van der Waals surface area contributed by atoms with Crippen molar-refractivity contribution in [3.05, 3.63) is 30.1 Å². The summed E-state index contributed by atoms with van der Waals surface area (Å²) in [5.41, 5.74) is -0.610. The highest BCUT2D eigenvalue weighted by Crippen LogP contribution is 2.26. The lowest BCUT2D eigenvalue weighted by molar-refractivity contribution is -0.142. The first-order valence-electron chi connectivity index (χ1n) is 8.85. The fourth-order valence-corrected chi connectivity index (χ4v) is 3.54. The molecule has 1 aromatic rings. The van der Waals surface area contributed by atoms with Gasteiger partial charge < -0.3 is 20.0 Å². The summed E-state index contributed by atoms with van der Waals surface area (Å²) in [4.78, 5) is 32.7. The second kappa shape index (κ2) is 7.49. The molecule has 2 N–H and O–H groups in total. The molecule has 0 bridgehead atoms. The van der Waals surface area contributed by atoms with Crippen LogP contribution in [0.3, 0.4) is 0 Å². The Morgan fingerprint density at radius 2 is 1.80 bits per heavy atom. The van der Waals surface area contributed by atoms with E-state index in [1.54, 1.807) is 34.2 Å². The van der Waals surface area contributed by atoms with Crippen molar-refractivity contribution in [2.24, 2.45) is 5.92 Å². The normalized spacial score (nSPS) is 21.2. The fourth-order valence-electron chi connectivity index (χ4n) is 3.54. The third kappa shape index (κ3) is 3.99. The molecule has 0 unspecified atom stereocenters. The van der Waals surface area contributed by atoms with Crippen LogP contribution in [-0.2, 0) is 4.79 Å². The van der Waals surface area contributed by atoms with Crippen LogP contribution in [0.2, 0.25) is 0 Å². The van der Waals surface area contributed by atoms with Crippen molar-refractivity contribution in [1.82, 2.24) is 14.8 Å². The summed E-state index contributed by atoms with van der Waals surface area (Å²) in [6.45, 7) is 1.80. The van der Waals surface area contributed by atoms with Crippen molar-refractivity contribution in [2.75, 3.05) is 32.8 Å². The zero-order chi connectivity index (χ0) is 17.9. The molecule has 0 radical (unpaired) electrons. The summed E-state index contributed by atoms with van der Waals surface area (Å²) >= 11 is 0. The van der Waals surface area contributed by atoms with Gasteiger partial charge in [0.15, 0.2) is 0 Å². The second-order valence-corrected chi connectivity index (χ2v) is 6.99. The maximum Gasteiger partial charge on any atom is 0.272 e. The van der Waals surface area contributed by atoms with Gasteiger partial charge in [0, 0.05) is 38.3 Å². The van der Waals surface area contributed by atoms with Crippen molar-refractivity contribution in [2.45, 2.75) is 31.3 Å². The zero-order valence-electron chi connectivity index (χ0n) is 14.3. The van der Waals surface area contributed by atoms with Gasteiger partial charge in [0.1, 0.15) is 5.69 Å². The Morgan fingerprint density at radius 1 is 1.12 bits per heavy atom.